The van der Waals surface area contributed by atoms with Crippen molar-refractivity contribution in [2.45, 2.75) is 13.0 Å². The van der Waals surface area contributed by atoms with Gasteiger partial charge in [-0.05, 0) is 6.92 Å². The van der Waals surface area contributed by atoms with Crippen LogP contribution in [0.15, 0.2) is 0 Å². The first kappa shape index (κ1) is 9.74. The molecule has 0 aromatic heterocycles. The van der Waals surface area contributed by atoms with Crippen LogP contribution in [0, 0.1) is 0 Å². The quantitative estimate of drug-likeness (QED) is 0.526. The molecule has 0 spiro atoms. The third-order valence-electron chi connectivity index (χ3n) is 0.243. The molecule has 0 heterocycles. The Morgan fingerprint density at radius 3 is 2.00 bits per heavy atom. The van der Waals surface area contributed by atoms with Crippen molar-refractivity contribution < 1.29 is 0 Å². The van der Waals surface area contributed by atoms with Crippen molar-refractivity contribution in [2.24, 2.45) is 5.73 Å². The van der Waals surface area contributed by atoms with Crippen molar-refractivity contribution in [1.29, 1.82) is 0 Å². The monoisotopic (exact) mass is 129 g/mol. The molecule has 0 fully saturated rings. The minimum atomic E-state index is 0. The third kappa shape index (κ3) is 8.82. The average molecular weight is 130 g/mol. The maximum atomic E-state index is 5.21. The van der Waals surface area contributed by atoms with E-state index in [1.54, 1.807) is 0 Å². The van der Waals surface area contributed by atoms with Crippen LogP contribution in [0.25, 0.3) is 0 Å². The van der Waals surface area contributed by atoms with E-state index in [4.69, 9.17) is 17.3 Å². The van der Waals surface area contributed by atoms with E-state index in [-0.39, 0.29) is 18.4 Å². The molecule has 0 amide bonds. The summed E-state index contributed by atoms with van der Waals surface area (Å²) < 4.78 is 0. The van der Waals surface area contributed by atoms with Crippen molar-refractivity contribution in [1.82, 2.24) is 0 Å². The summed E-state index contributed by atoms with van der Waals surface area (Å²) in [7, 11) is 0. The van der Waals surface area contributed by atoms with E-state index in [0.717, 1.165) is 0 Å². The molecule has 0 aromatic carbocycles. The number of alkyl halides is 1. The smallest absolute Gasteiger partial charge is 0.0372 e. The summed E-state index contributed by atoms with van der Waals surface area (Å²) in [4.78, 5) is 0. The zero-order valence-electron chi connectivity index (χ0n) is 3.65. The van der Waals surface area contributed by atoms with Gasteiger partial charge in [0.05, 0.1) is 0 Å². The van der Waals surface area contributed by atoms with Gasteiger partial charge in [0.25, 0.3) is 0 Å². The summed E-state index contributed by atoms with van der Waals surface area (Å²) in [5.41, 5.74) is 5.16. The highest BCUT2D eigenvalue weighted by atomic mass is 35.5. The average Bonchev–Trinajstić information content (AvgIpc) is 1.38. The molecule has 6 heavy (non-hydrogen) atoms. The molecule has 1 unspecified atom stereocenters. The summed E-state index contributed by atoms with van der Waals surface area (Å²) in [5.74, 6) is 0.556. The molecule has 0 aromatic rings. The van der Waals surface area contributed by atoms with Gasteiger partial charge in [0.2, 0.25) is 0 Å². The van der Waals surface area contributed by atoms with Crippen molar-refractivity contribution in [3.05, 3.63) is 0 Å². The van der Waals surface area contributed by atoms with Gasteiger partial charge in [0.1, 0.15) is 0 Å². The maximum Gasteiger partial charge on any atom is 0.0372 e. The van der Waals surface area contributed by atoms with Gasteiger partial charge >= 0.3 is 0 Å². The zero-order chi connectivity index (χ0) is 4.28. The fourth-order valence-electron chi connectivity index (χ4n) is 0. The van der Waals surface area contributed by atoms with Crippen LogP contribution < -0.4 is 5.73 Å². The maximum absolute atomic E-state index is 5.21. The summed E-state index contributed by atoms with van der Waals surface area (Å²) >= 11 is 5.21. The molecule has 1 nitrogen and oxygen atoms in total. The second-order valence-electron chi connectivity index (χ2n) is 1.13. The molecule has 40 valence electrons. The molecule has 0 bridgehead atoms. The molecule has 0 saturated heterocycles. The third-order valence-corrected chi connectivity index (χ3v) is 0.730. The summed E-state index contributed by atoms with van der Waals surface area (Å²) in [5, 5.41) is 0. The largest absolute Gasteiger partial charge is 0.327 e. The Hall–Kier alpha value is 0.540. The van der Waals surface area contributed by atoms with E-state index in [1.165, 1.54) is 0 Å². The Labute approximate surface area is 49.3 Å². The Balaban J connectivity index is 0. The summed E-state index contributed by atoms with van der Waals surface area (Å²) in [6, 6.07) is 0.150. The fraction of sp³-hybridized carbons (Fsp3) is 1.00. The summed E-state index contributed by atoms with van der Waals surface area (Å²) in [6.45, 7) is 1.87. The highest BCUT2D eigenvalue weighted by Gasteiger charge is 1.81. The predicted octanol–water partition coefficient (Wildman–Crippen LogP) is 0.994. The topological polar surface area (TPSA) is 26.0 Å². The van der Waals surface area contributed by atoms with E-state index in [9.17, 15) is 0 Å². The SMILES string of the molecule is CC(N)CCl.Cl. The minimum absolute atomic E-state index is 0. The Morgan fingerprint density at radius 1 is 1.83 bits per heavy atom. The van der Waals surface area contributed by atoms with Crippen LogP contribution in [0.2, 0.25) is 0 Å². The number of rotatable bonds is 1. The number of hydrogen-bond acceptors (Lipinski definition) is 1. The van der Waals surface area contributed by atoms with Crippen LogP contribution in [0.3, 0.4) is 0 Å². The lowest BCUT2D eigenvalue weighted by Crippen LogP contribution is -2.15. The van der Waals surface area contributed by atoms with Crippen LogP contribution in [0.5, 0.6) is 0 Å². The van der Waals surface area contributed by atoms with Crippen molar-refractivity contribution in [3.8, 4) is 0 Å². The Kier molecular flexibility index (Phi) is 8.99. The van der Waals surface area contributed by atoms with Crippen molar-refractivity contribution in [3.63, 3.8) is 0 Å². The number of halogens is 2. The van der Waals surface area contributed by atoms with Crippen LogP contribution in [-0.2, 0) is 0 Å². The van der Waals surface area contributed by atoms with Gasteiger partial charge < -0.3 is 5.73 Å². The van der Waals surface area contributed by atoms with Gasteiger partial charge in [-0.1, -0.05) is 0 Å². The Bertz CT molecular complexity index is 22.8. The summed E-state index contributed by atoms with van der Waals surface area (Å²) in [6.07, 6.45) is 0. The second-order valence-corrected chi connectivity index (χ2v) is 1.44. The van der Waals surface area contributed by atoms with E-state index in [1.807, 2.05) is 6.92 Å². The van der Waals surface area contributed by atoms with Crippen LogP contribution in [0.1, 0.15) is 6.92 Å². The van der Waals surface area contributed by atoms with E-state index < -0.39 is 0 Å². The van der Waals surface area contributed by atoms with Gasteiger partial charge in [-0.25, -0.2) is 0 Å². The van der Waals surface area contributed by atoms with Crippen molar-refractivity contribution >= 4 is 24.0 Å². The van der Waals surface area contributed by atoms with Crippen LogP contribution in [-0.4, -0.2) is 11.9 Å². The minimum Gasteiger partial charge on any atom is -0.327 e. The van der Waals surface area contributed by atoms with Gasteiger partial charge in [0, 0.05) is 11.9 Å². The first-order valence-electron chi connectivity index (χ1n) is 1.59. The first-order valence-corrected chi connectivity index (χ1v) is 2.12. The molecule has 0 aliphatic carbocycles. The standard InChI is InChI=1S/C3H8ClN.ClH/c1-3(5)2-4;/h3H,2,5H2,1H3;1H. The van der Waals surface area contributed by atoms with E-state index in [2.05, 4.69) is 0 Å². The molecule has 0 rings (SSSR count). The molecule has 0 aliphatic heterocycles. The van der Waals surface area contributed by atoms with Gasteiger partial charge in [0.15, 0.2) is 0 Å². The lowest BCUT2D eigenvalue weighted by atomic mass is 10.4. The number of hydrogen-bond donors (Lipinski definition) is 1. The van der Waals surface area contributed by atoms with Crippen molar-refractivity contribution in [2.75, 3.05) is 5.88 Å². The molecule has 0 radical (unpaired) electrons. The van der Waals surface area contributed by atoms with Gasteiger partial charge in [-0.15, -0.1) is 24.0 Å². The highest BCUT2D eigenvalue weighted by molar-refractivity contribution is 6.18. The first-order chi connectivity index (χ1) is 2.27. The molecule has 3 heteroatoms. The van der Waals surface area contributed by atoms with E-state index in [0.29, 0.717) is 5.88 Å². The van der Waals surface area contributed by atoms with E-state index >= 15 is 0 Å². The molecular weight excluding hydrogens is 121 g/mol. The predicted molar refractivity (Wildman–Crippen MR) is 31.6 cm³/mol. The van der Waals surface area contributed by atoms with Crippen LogP contribution >= 0.6 is 24.0 Å². The Morgan fingerprint density at radius 2 is 2.00 bits per heavy atom. The van der Waals surface area contributed by atoms with Gasteiger partial charge in [-0.2, -0.15) is 0 Å². The zero-order valence-corrected chi connectivity index (χ0v) is 5.22. The van der Waals surface area contributed by atoms with Gasteiger partial charge in [-0.3, -0.25) is 0 Å². The molecule has 0 aliphatic rings. The highest BCUT2D eigenvalue weighted by Crippen LogP contribution is 1.76. The number of nitrogens with two attached hydrogens (primary N) is 1. The molecule has 2 N–H and O–H groups in total. The molecular formula is C3H9Cl2N. The lowest BCUT2D eigenvalue weighted by Gasteiger charge is -1.89. The fourth-order valence-corrected chi connectivity index (χ4v) is 0. The second kappa shape index (κ2) is 5.54. The molecule has 0 saturated carbocycles. The van der Waals surface area contributed by atoms with Crippen LogP contribution in [0.4, 0.5) is 0 Å². The molecule has 1 atom stereocenters. The lowest BCUT2D eigenvalue weighted by molar-refractivity contribution is 0.842. The normalized spacial score (nSPS) is 12.5.